The minimum atomic E-state index is -0.154. The highest BCUT2D eigenvalue weighted by Gasteiger charge is 2.16. The van der Waals surface area contributed by atoms with E-state index in [1.54, 1.807) is 12.1 Å². The maximum Gasteiger partial charge on any atom is 0.234 e. The molecule has 0 bridgehead atoms. The Morgan fingerprint density at radius 3 is 2.48 bits per heavy atom. The van der Waals surface area contributed by atoms with E-state index in [4.69, 9.17) is 11.6 Å². The monoisotopic (exact) mass is 492 g/mol. The molecule has 5 nitrogen and oxygen atoms in total. The predicted octanol–water partition coefficient (Wildman–Crippen LogP) is 5.93. The summed E-state index contributed by atoms with van der Waals surface area (Å²) in [6.07, 6.45) is 0. The SMILES string of the molecule is Cn1c(SCC(=O)Nc2ccc(Br)cc2Cl)nnc1-c1ccc(C(C)(C)C)cc1. The van der Waals surface area contributed by atoms with Gasteiger partial charge in [0.1, 0.15) is 0 Å². The first-order valence-corrected chi connectivity index (χ1v) is 11.2. The third kappa shape index (κ3) is 5.41. The summed E-state index contributed by atoms with van der Waals surface area (Å²) in [6.45, 7) is 6.56. The zero-order valence-electron chi connectivity index (χ0n) is 16.7. The summed E-state index contributed by atoms with van der Waals surface area (Å²) < 4.78 is 2.76. The minimum absolute atomic E-state index is 0.102. The molecule has 0 saturated carbocycles. The van der Waals surface area contributed by atoms with Gasteiger partial charge in [0.15, 0.2) is 11.0 Å². The van der Waals surface area contributed by atoms with E-state index in [0.29, 0.717) is 15.9 Å². The first kappa shape index (κ1) is 21.9. The number of amides is 1. The van der Waals surface area contributed by atoms with Crippen LogP contribution in [-0.4, -0.2) is 26.4 Å². The van der Waals surface area contributed by atoms with Gasteiger partial charge in [-0.3, -0.25) is 4.79 Å². The summed E-state index contributed by atoms with van der Waals surface area (Å²) in [6, 6.07) is 13.7. The second kappa shape index (κ2) is 8.90. The number of carbonyl (C=O) groups is 1. The summed E-state index contributed by atoms with van der Waals surface area (Å²) in [4.78, 5) is 12.3. The van der Waals surface area contributed by atoms with E-state index in [2.05, 4.69) is 76.5 Å². The molecule has 0 spiro atoms. The van der Waals surface area contributed by atoms with E-state index in [1.165, 1.54) is 17.3 Å². The summed E-state index contributed by atoms with van der Waals surface area (Å²) in [5.74, 6) is 0.823. The van der Waals surface area contributed by atoms with Crippen molar-refractivity contribution < 1.29 is 4.79 Å². The Morgan fingerprint density at radius 2 is 1.86 bits per heavy atom. The van der Waals surface area contributed by atoms with Crippen LogP contribution in [0.1, 0.15) is 26.3 Å². The predicted molar refractivity (Wildman–Crippen MR) is 124 cm³/mol. The molecule has 0 aliphatic heterocycles. The number of carbonyl (C=O) groups excluding carboxylic acids is 1. The van der Waals surface area contributed by atoms with Gasteiger partial charge in [-0.1, -0.05) is 84.3 Å². The van der Waals surface area contributed by atoms with Crippen LogP contribution in [0.3, 0.4) is 0 Å². The van der Waals surface area contributed by atoms with Crippen molar-refractivity contribution in [2.75, 3.05) is 11.1 Å². The first-order chi connectivity index (χ1) is 13.6. The van der Waals surface area contributed by atoms with Crippen molar-refractivity contribution in [2.45, 2.75) is 31.3 Å². The van der Waals surface area contributed by atoms with Crippen LogP contribution in [0.2, 0.25) is 5.02 Å². The number of rotatable bonds is 5. The van der Waals surface area contributed by atoms with Crippen molar-refractivity contribution in [1.29, 1.82) is 0 Å². The molecule has 0 aliphatic carbocycles. The van der Waals surface area contributed by atoms with Crippen molar-refractivity contribution in [2.24, 2.45) is 7.05 Å². The fourth-order valence-corrected chi connectivity index (χ4v) is 4.15. The number of anilines is 1. The largest absolute Gasteiger partial charge is 0.324 e. The van der Waals surface area contributed by atoms with Gasteiger partial charge in [0, 0.05) is 17.1 Å². The van der Waals surface area contributed by atoms with E-state index >= 15 is 0 Å². The van der Waals surface area contributed by atoms with Crippen LogP contribution in [0.4, 0.5) is 5.69 Å². The molecule has 1 aromatic heterocycles. The Bertz CT molecular complexity index is 1030. The molecule has 0 saturated heterocycles. The van der Waals surface area contributed by atoms with Crippen LogP contribution < -0.4 is 5.32 Å². The number of benzene rings is 2. The van der Waals surface area contributed by atoms with Crippen molar-refractivity contribution in [3.8, 4) is 11.4 Å². The number of halogens is 2. The standard InChI is InChI=1S/C21H22BrClN4OS/c1-21(2,3)14-7-5-13(6-8-14)19-25-26-20(27(19)4)29-12-18(28)24-17-10-9-15(22)11-16(17)23/h5-11H,12H2,1-4H3,(H,24,28). The van der Waals surface area contributed by atoms with Crippen molar-refractivity contribution in [3.63, 3.8) is 0 Å². The third-order valence-electron chi connectivity index (χ3n) is 4.38. The topological polar surface area (TPSA) is 59.8 Å². The highest BCUT2D eigenvalue weighted by Crippen LogP contribution is 2.28. The summed E-state index contributed by atoms with van der Waals surface area (Å²) in [5.41, 5.74) is 2.94. The highest BCUT2D eigenvalue weighted by atomic mass is 79.9. The maximum absolute atomic E-state index is 12.3. The molecule has 0 fully saturated rings. The zero-order valence-corrected chi connectivity index (χ0v) is 19.8. The third-order valence-corrected chi connectivity index (χ3v) is 6.21. The highest BCUT2D eigenvalue weighted by molar-refractivity contribution is 9.10. The number of hydrogen-bond acceptors (Lipinski definition) is 4. The molecule has 1 amide bonds. The normalized spacial score (nSPS) is 11.5. The maximum atomic E-state index is 12.3. The van der Waals surface area contributed by atoms with Gasteiger partial charge in [0.2, 0.25) is 5.91 Å². The first-order valence-electron chi connectivity index (χ1n) is 9.03. The number of thioether (sulfide) groups is 1. The molecule has 1 heterocycles. The van der Waals surface area contributed by atoms with Crippen LogP contribution in [0.25, 0.3) is 11.4 Å². The van der Waals surface area contributed by atoms with E-state index < -0.39 is 0 Å². The zero-order chi connectivity index (χ0) is 21.2. The van der Waals surface area contributed by atoms with Gasteiger partial charge in [0.25, 0.3) is 0 Å². The van der Waals surface area contributed by atoms with Crippen molar-refractivity contribution >= 4 is 50.9 Å². The molecule has 3 aromatic rings. The van der Waals surface area contributed by atoms with Gasteiger partial charge < -0.3 is 9.88 Å². The van der Waals surface area contributed by atoms with Crippen molar-refractivity contribution in [1.82, 2.24) is 14.8 Å². The average molecular weight is 494 g/mol. The van der Waals surface area contributed by atoms with Crippen LogP contribution >= 0.6 is 39.3 Å². The number of hydrogen-bond donors (Lipinski definition) is 1. The van der Waals surface area contributed by atoms with Crippen LogP contribution in [-0.2, 0) is 17.3 Å². The average Bonchev–Trinajstić information content (AvgIpc) is 3.02. The molecule has 1 N–H and O–H groups in total. The number of nitrogens with one attached hydrogen (secondary N) is 1. The quantitative estimate of drug-likeness (QED) is 0.448. The van der Waals surface area contributed by atoms with E-state index in [1.807, 2.05) is 17.7 Å². The Kier molecular flexibility index (Phi) is 6.71. The molecule has 0 aliphatic rings. The summed E-state index contributed by atoms with van der Waals surface area (Å²) >= 11 is 10.8. The molecule has 0 radical (unpaired) electrons. The van der Waals surface area contributed by atoms with Gasteiger partial charge >= 0.3 is 0 Å². The number of aromatic nitrogens is 3. The lowest BCUT2D eigenvalue weighted by atomic mass is 9.87. The molecule has 0 atom stereocenters. The molecule has 152 valence electrons. The second-order valence-electron chi connectivity index (χ2n) is 7.65. The molecule has 0 unspecified atom stereocenters. The van der Waals surface area contributed by atoms with Gasteiger partial charge in [0.05, 0.1) is 16.5 Å². The smallest absolute Gasteiger partial charge is 0.234 e. The van der Waals surface area contributed by atoms with Gasteiger partial charge in [-0.25, -0.2) is 0 Å². The Labute approximate surface area is 188 Å². The molecule has 29 heavy (non-hydrogen) atoms. The van der Waals surface area contributed by atoms with Crippen molar-refractivity contribution in [3.05, 3.63) is 57.5 Å². The molecule has 2 aromatic carbocycles. The second-order valence-corrected chi connectivity index (χ2v) is 9.92. The minimum Gasteiger partial charge on any atom is -0.324 e. The fourth-order valence-electron chi connectivity index (χ4n) is 2.72. The van der Waals surface area contributed by atoms with Crippen LogP contribution in [0.15, 0.2) is 52.1 Å². The Hall–Kier alpha value is -1.83. The van der Waals surface area contributed by atoms with Crippen LogP contribution in [0.5, 0.6) is 0 Å². The number of nitrogens with zero attached hydrogens (tertiary/aromatic N) is 3. The molecule has 3 rings (SSSR count). The Morgan fingerprint density at radius 1 is 1.17 bits per heavy atom. The van der Waals surface area contributed by atoms with Gasteiger partial charge in [-0.15, -0.1) is 10.2 Å². The lowest BCUT2D eigenvalue weighted by Crippen LogP contribution is -2.14. The molecular weight excluding hydrogens is 472 g/mol. The van der Waals surface area contributed by atoms with E-state index in [0.717, 1.165) is 15.9 Å². The van der Waals surface area contributed by atoms with E-state index in [9.17, 15) is 4.79 Å². The molecule has 8 heteroatoms. The summed E-state index contributed by atoms with van der Waals surface area (Å²) in [7, 11) is 1.90. The lowest BCUT2D eigenvalue weighted by molar-refractivity contribution is -0.113. The fraction of sp³-hybridized carbons (Fsp3) is 0.286. The van der Waals surface area contributed by atoms with E-state index in [-0.39, 0.29) is 17.1 Å². The Balaban J connectivity index is 1.66. The summed E-state index contributed by atoms with van der Waals surface area (Å²) in [5, 5.41) is 12.5. The van der Waals surface area contributed by atoms with Gasteiger partial charge in [-0.2, -0.15) is 0 Å². The van der Waals surface area contributed by atoms with Gasteiger partial charge in [-0.05, 0) is 29.2 Å². The lowest BCUT2D eigenvalue weighted by Gasteiger charge is -2.19. The van der Waals surface area contributed by atoms with Crippen LogP contribution in [0, 0.1) is 0 Å². The molecular formula is C21H22BrClN4OS.